The van der Waals surface area contributed by atoms with Crippen LogP contribution in [0.3, 0.4) is 0 Å². The van der Waals surface area contributed by atoms with Crippen LogP contribution in [0.4, 0.5) is 0 Å². The molecule has 0 saturated carbocycles. The summed E-state index contributed by atoms with van der Waals surface area (Å²) in [4.78, 5) is 0. The van der Waals surface area contributed by atoms with Crippen molar-refractivity contribution in [2.24, 2.45) is 0 Å². The minimum atomic E-state index is -1.24. The van der Waals surface area contributed by atoms with Crippen molar-refractivity contribution >= 4 is 0 Å². The van der Waals surface area contributed by atoms with Gasteiger partial charge in [-0.1, -0.05) is 0 Å². The third-order valence-corrected chi connectivity index (χ3v) is 2.28. The molecule has 0 bridgehead atoms. The molecular formula is C10H20O5. The molecule has 3 N–H and O–H groups in total. The second-order valence-electron chi connectivity index (χ2n) is 4.91. The second kappa shape index (κ2) is 4.35. The smallest absolute Gasteiger partial charge is 0.187 e. The fourth-order valence-electron chi connectivity index (χ4n) is 1.46. The predicted molar refractivity (Wildman–Crippen MR) is 53.2 cm³/mol. The van der Waals surface area contributed by atoms with Gasteiger partial charge >= 0.3 is 0 Å². The van der Waals surface area contributed by atoms with Crippen LogP contribution in [0.15, 0.2) is 0 Å². The minimum absolute atomic E-state index is 0.479. The first kappa shape index (κ1) is 12.9. The lowest BCUT2D eigenvalue weighted by Crippen LogP contribution is -2.58. The summed E-state index contributed by atoms with van der Waals surface area (Å²) < 4.78 is 10.7. The van der Waals surface area contributed by atoms with E-state index >= 15 is 0 Å². The van der Waals surface area contributed by atoms with Crippen LogP contribution >= 0.6 is 0 Å². The largest absolute Gasteiger partial charge is 0.388 e. The first-order valence-corrected chi connectivity index (χ1v) is 5.10. The molecule has 1 saturated heterocycles. The molecule has 0 aliphatic carbocycles. The van der Waals surface area contributed by atoms with Gasteiger partial charge < -0.3 is 24.8 Å². The van der Waals surface area contributed by atoms with Crippen molar-refractivity contribution in [1.29, 1.82) is 0 Å². The Labute approximate surface area is 89.6 Å². The van der Waals surface area contributed by atoms with E-state index in [-0.39, 0.29) is 0 Å². The lowest BCUT2D eigenvalue weighted by molar-refractivity contribution is -0.314. The van der Waals surface area contributed by atoms with Crippen molar-refractivity contribution < 1.29 is 24.8 Å². The minimum Gasteiger partial charge on any atom is -0.388 e. The standard InChI is InChI=1S/C10H20O5/c1-5-6(11)7(12)8(13)9(14-5)15-10(2,3)4/h5-9,11-13H,1-4H3/t5?,6-,7-,8?,9?/m0/s1. The number of ether oxygens (including phenoxy) is 2. The van der Waals surface area contributed by atoms with Crippen molar-refractivity contribution in [3.8, 4) is 0 Å². The Morgan fingerprint density at radius 3 is 2.00 bits per heavy atom. The Morgan fingerprint density at radius 2 is 1.53 bits per heavy atom. The molecule has 1 rings (SSSR count). The van der Waals surface area contributed by atoms with E-state index in [2.05, 4.69) is 0 Å². The first-order valence-electron chi connectivity index (χ1n) is 5.10. The monoisotopic (exact) mass is 220 g/mol. The van der Waals surface area contributed by atoms with E-state index in [1.807, 2.05) is 20.8 Å². The van der Waals surface area contributed by atoms with E-state index in [1.165, 1.54) is 0 Å². The van der Waals surface area contributed by atoms with Gasteiger partial charge in [-0.05, 0) is 27.7 Å². The summed E-state index contributed by atoms with van der Waals surface area (Å²) in [6, 6.07) is 0. The summed E-state index contributed by atoms with van der Waals surface area (Å²) in [7, 11) is 0. The highest BCUT2D eigenvalue weighted by atomic mass is 16.7. The maximum atomic E-state index is 9.63. The Balaban J connectivity index is 2.67. The predicted octanol–water partition coefficient (Wildman–Crippen LogP) is -0.371. The van der Waals surface area contributed by atoms with Gasteiger partial charge in [-0.15, -0.1) is 0 Å². The fourth-order valence-corrected chi connectivity index (χ4v) is 1.46. The normalized spacial score (nSPS) is 43.0. The number of aliphatic hydroxyl groups excluding tert-OH is 3. The lowest BCUT2D eigenvalue weighted by Gasteiger charge is -2.41. The highest BCUT2D eigenvalue weighted by Crippen LogP contribution is 2.25. The van der Waals surface area contributed by atoms with Gasteiger partial charge in [-0.3, -0.25) is 0 Å². The molecule has 90 valence electrons. The maximum Gasteiger partial charge on any atom is 0.187 e. The number of aliphatic hydroxyl groups is 3. The van der Waals surface area contributed by atoms with E-state index in [4.69, 9.17) is 9.47 Å². The van der Waals surface area contributed by atoms with Crippen LogP contribution in [0.5, 0.6) is 0 Å². The molecule has 1 aliphatic rings. The van der Waals surface area contributed by atoms with Crippen molar-refractivity contribution in [1.82, 2.24) is 0 Å². The Bertz CT molecular complexity index is 212. The molecule has 0 aromatic heterocycles. The zero-order valence-electron chi connectivity index (χ0n) is 9.54. The van der Waals surface area contributed by atoms with Crippen LogP contribution < -0.4 is 0 Å². The molecule has 5 atom stereocenters. The molecule has 1 aliphatic heterocycles. The molecule has 1 fully saturated rings. The van der Waals surface area contributed by atoms with E-state index in [1.54, 1.807) is 6.92 Å². The number of hydrogen-bond donors (Lipinski definition) is 3. The fraction of sp³-hybridized carbons (Fsp3) is 1.00. The van der Waals surface area contributed by atoms with Crippen LogP contribution in [0.1, 0.15) is 27.7 Å². The van der Waals surface area contributed by atoms with Crippen molar-refractivity contribution in [2.75, 3.05) is 0 Å². The summed E-state index contributed by atoms with van der Waals surface area (Å²) in [6.07, 6.45) is -5.01. The summed E-state index contributed by atoms with van der Waals surface area (Å²) in [5.74, 6) is 0. The van der Waals surface area contributed by atoms with Gasteiger partial charge in [0, 0.05) is 0 Å². The van der Waals surface area contributed by atoms with Crippen LogP contribution in [-0.4, -0.2) is 51.6 Å². The van der Waals surface area contributed by atoms with E-state index < -0.39 is 36.3 Å². The summed E-state index contributed by atoms with van der Waals surface area (Å²) in [6.45, 7) is 7.10. The Kier molecular flexibility index (Phi) is 3.73. The molecule has 15 heavy (non-hydrogen) atoms. The van der Waals surface area contributed by atoms with E-state index in [0.717, 1.165) is 0 Å². The van der Waals surface area contributed by atoms with Gasteiger partial charge in [0.1, 0.15) is 18.3 Å². The SMILES string of the molecule is CC1OC(OC(C)(C)C)C(O)[C@@H](O)[C@H]1O. The highest BCUT2D eigenvalue weighted by molar-refractivity contribution is 4.87. The zero-order valence-corrected chi connectivity index (χ0v) is 9.54. The molecule has 5 heteroatoms. The summed E-state index contributed by atoms with van der Waals surface area (Å²) >= 11 is 0. The van der Waals surface area contributed by atoms with E-state index in [9.17, 15) is 15.3 Å². The average Bonchev–Trinajstić information content (AvgIpc) is 2.08. The first-order chi connectivity index (χ1) is 6.72. The zero-order chi connectivity index (χ0) is 11.8. The summed E-state index contributed by atoms with van der Waals surface area (Å²) in [5, 5.41) is 28.6. The third kappa shape index (κ3) is 3.12. The molecule has 3 unspecified atom stereocenters. The second-order valence-corrected chi connectivity index (χ2v) is 4.91. The van der Waals surface area contributed by atoms with Gasteiger partial charge in [0.25, 0.3) is 0 Å². The van der Waals surface area contributed by atoms with Crippen LogP contribution in [0.2, 0.25) is 0 Å². The number of hydrogen-bond acceptors (Lipinski definition) is 5. The third-order valence-electron chi connectivity index (χ3n) is 2.28. The molecule has 0 aromatic rings. The number of rotatable bonds is 1. The van der Waals surface area contributed by atoms with Crippen LogP contribution in [0, 0.1) is 0 Å². The average molecular weight is 220 g/mol. The molecule has 1 heterocycles. The quantitative estimate of drug-likeness (QED) is 0.562. The molecule has 5 nitrogen and oxygen atoms in total. The van der Waals surface area contributed by atoms with Gasteiger partial charge in [-0.2, -0.15) is 0 Å². The molecule has 0 amide bonds. The van der Waals surface area contributed by atoms with Gasteiger partial charge in [-0.25, -0.2) is 0 Å². The van der Waals surface area contributed by atoms with E-state index in [0.29, 0.717) is 0 Å². The molecule has 0 radical (unpaired) electrons. The summed E-state index contributed by atoms with van der Waals surface area (Å²) in [5.41, 5.74) is -0.479. The molecule has 0 spiro atoms. The van der Waals surface area contributed by atoms with Crippen molar-refractivity contribution in [3.63, 3.8) is 0 Å². The van der Waals surface area contributed by atoms with Crippen LogP contribution in [0.25, 0.3) is 0 Å². The highest BCUT2D eigenvalue weighted by Gasteiger charge is 2.43. The molecule has 0 aromatic carbocycles. The molecular weight excluding hydrogens is 200 g/mol. The maximum absolute atomic E-state index is 9.63. The van der Waals surface area contributed by atoms with Gasteiger partial charge in [0.05, 0.1) is 11.7 Å². The van der Waals surface area contributed by atoms with Crippen molar-refractivity contribution in [2.45, 2.75) is 64.0 Å². The Morgan fingerprint density at radius 1 is 1.00 bits per heavy atom. The topological polar surface area (TPSA) is 79.2 Å². The van der Waals surface area contributed by atoms with Crippen molar-refractivity contribution in [3.05, 3.63) is 0 Å². The Hall–Kier alpha value is -0.200. The lowest BCUT2D eigenvalue weighted by atomic mass is 10.00. The van der Waals surface area contributed by atoms with Gasteiger partial charge in [0.2, 0.25) is 0 Å². The van der Waals surface area contributed by atoms with Gasteiger partial charge in [0.15, 0.2) is 6.29 Å². The van der Waals surface area contributed by atoms with Crippen LogP contribution in [-0.2, 0) is 9.47 Å².